The molecule has 0 N–H and O–H groups in total. The fourth-order valence-electron chi connectivity index (χ4n) is 3.56. The van der Waals surface area contributed by atoms with Crippen molar-refractivity contribution in [3.05, 3.63) is 52.9 Å². The SMILES string of the molecule is CCN(C)c1nc(-c2ccc(F)c(Cl)c2)nc(N2CCN(c3ncccc3C(F)(F)F)CC2)n1. The molecule has 0 amide bonds. The van der Waals surface area contributed by atoms with Gasteiger partial charge in [0.05, 0.1) is 10.6 Å². The molecule has 0 radical (unpaired) electrons. The number of pyridine rings is 1. The summed E-state index contributed by atoms with van der Waals surface area (Å²) in [6.45, 7) is 3.97. The van der Waals surface area contributed by atoms with Crippen LogP contribution in [0.1, 0.15) is 12.5 Å². The molecule has 1 aliphatic heterocycles. The number of alkyl halides is 3. The molecule has 0 saturated carbocycles. The van der Waals surface area contributed by atoms with Gasteiger partial charge < -0.3 is 14.7 Å². The summed E-state index contributed by atoms with van der Waals surface area (Å²) in [6, 6.07) is 6.54. The van der Waals surface area contributed by atoms with Crippen LogP contribution >= 0.6 is 11.6 Å². The predicted molar refractivity (Wildman–Crippen MR) is 123 cm³/mol. The smallest absolute Gasteiger partial charge is 0.353 e. The van der Waals surface area contributed by atoms with Crippen molar-refractivity contribution in [3.63, 3.8) is 0 Å². The lowest BCUT2D eigenvalue weighted by atomic mass is 10.2. The maximum atomic E-state index is 13.6. The Bertz CT molecular complexity index is 1170. The van der Waals surface area contributed by atoms with Crippen molar-refractivity contribution < 1.29 is 17.6 Å². The zero-order valence-corrected chi connectivity index (χ0v) is 19.3. The van der Waals surface area contributed by atoms with Crippen LogP contribution in [0.5, 0.6) is 0 Å². The van der Waals surface area contributed by atoms with E-state index < -0.39 is 17.6 Å². The second-order valence-corrected chi connectivity index (χ2v) is 8.16. The Morgan fingerprint density at radius 3 is 2.38 bits per heavy atom. The van der Waals surface area contributed by atoms with E-state index in [-0.39, 0.29) is 10.8 Å². The minimum atomic E-state index is -4.49. The van der Waals surface area contributed by atoms with Crippen LogP contribution < -0.4 is 14.7 Å². The van der Waals surface area contributed by atoms with Crippen molar-refractivity contribution in [2.75, 3.05) is 54.5 Å². The van der Waals surface area contributed by atoms with Gasteiger partial charge in [-0.05, 0) is 37.3 Å². The summed E-state index contributed by atoms with van der Waals surface area (Å²) in [4.78, 5) is 22.9. The van der Waals surface area contributed by atoms with E-state index >= 15 is 0 Å². The highest BCUT2D eigenvalue weighted by Gasteiger charge is 2.36. The van der Waals surface area contributed by atoms with Crippen molar-refractivity contribution in [2.45, 2.75) is 13.1 Å². The summed E-state index contributed by atoms with van der Waals surface area (Å²) in [6.07, 6.45) is -3.13. The van der Waals surface area contributed by atoms with Crippen LogP contribution in [0.2, 0.25) is 5.02 Å². The molecule has 4 rings (SSSR count). The fourth-order valence-corrected chi connectivity index (χ4v) is 3.74. The first-order valence-corrected chi connectivity index (χ1v) is 11.0. The van der Waals surface area contributed by atoms with E-state index in [0.717, 1.165) is 6.07 Å². The highest BCUT2D eigenvalue weighted by Crippen LogP contribution is 2.35. The average Bonchev–Trinajstić information content (AvgIpc) is 2.84. The Morgan fingerprint density at radius 2 is 1.74 bits per heavy atom. The molecule has 1 aromatic carbocycles. The van der Waals surface area contributed by atoms with Crippen LogP contribution in [0.3, 0.4) is 0 Å². The van der Waals surface area contributed by atoms with Crippen LogP contribution in [0, 0.1) is 5.82 Å². The summed E-state index contributed by atoms with van der Waals surface area (Å²) in [5, 5.41) is -0.0469. The third kappa shape index (κ3) is 4.98. The van der Waals surface area contributed by atoms with E-state index in [9.17, 15) is 17.6 Å². The van der Waals surface area contributed by atoms with Gasteiger partial charge in [-0.15, -0.1) is 0 Å². The topological polar surface area (TPSA) is 61.3 Å². The molecule has 1 aliphatic rings. The quantitative estimate of drug-likeness (QED) is 0.482. The molecule has 3 aromatic rings. The molecule has 0 spiro atoms. The molecular weight excluding hydrogens is 474 g/mol. The maximum Gasteiger partial charge on any atom is 0.419 e. The number of anilines is 3. The van der Waals surface area contributed by atoms with E-state index in [1.54, 1.807) is 4.90 Å². The molecule has 12 heteroatoms. The molecule has 0 atom stereocenters. The Kier molecular flexibility index (Phi) is 6.74. The molecule has 2 aromatic heterocycles. The van der Waals surface area contributed by atoms with Crippen molar-refractivity contribution in [3.8, 4) is 11.4 Å². The predicted octanol–water partition coefficient (Wildman–Crippen LogP) is 4.53. The number of nitrogens with zero attached hydrogens (tertiary/aromatic N) is 7. The lowest BCUT2D eigenvalue weighted by Gasteiger charge is -2.36. The van der Waals surface area contributed by atoms with Crippen LogP contribution in [0.25, 0.3) is 11.4 Å². The van der Waals surface area contributed by atoms with E-state index in [1.807, 2.05) is 23.8 Å². The number of aromatic nitrogens is 4. The van der Waals surface area contributed by atoms with E-state index in [4.69, 9.17) is 11.6 Å². The second kappa shape index (κ2) is 9.57. The Labute approximate surface area is 199 Å². The summed E-state index contributed by atoms with van der Waals surface area (Å²) in [7, 11) is 1.83. The molecule has 0 unspecified atom stereocenters. The van der Waals surface area contributed by atoms with Gasteiger partial charge in [0.2, 0.25) is 11.9 Å². The van der Waals surface area contributed by atoms with Crippen molar-refractivity contribution in [1.29, 1.82) is 0 Å². The number of halogens is 5. The number of benzene rings is 1. The van der Waals surface area contributed by atoms with Crippen LogP contribution in [0.15, 0.2) is 36.5 Å². The van der Waals surface area contributed by atoms with Gasteiger partial charge in [0.1, 0.15) is 11.6 Å². The highest BCUT2D eigenvalue weighted by atomic mass is 35.5. The fraction of sp³-hybridized carbons (Fsp3) is 0.364. The highest BCUT2D eigenvalue weighted by molar-refractivity contribution is 6.31. The van der Waals surface area contributed by atoms with Gasteiger partial charge in [0, 0.05) is 51.5 Å². The molecule has 1 saturated heterocycles. The Morgan fingerprint density at radius 1 is 1.03 bits per heavy atom. The number of hydrogen-bond donors (Lipinski definition) is 0. The molecule has 0 bridgehead atoms. The van der Waals surface area contributed by atoms with Crippen LogP contribution in [-0.2, 0) is 6.18 Å². The standard InChI is InChI=1S/C22H22ClF4N7/c1-3-32(2)20-29-18(14-6-7-17(24)16(23)13-14)30-21(31-20)34-11-9-33(10-12-34)19-15(22(25,26)27)5-4-8-28-19/h4-8,13H,3,9-12H2,1-2H3. The average molecular weight is 496 g/mol. The normalized spacial score (nSPS) is 14.4. The summed E-state index contributed by atoms with van der Waals surface area (Å²) in [5.74, 6) is 0.508. The first-order valence-electron chi connectivity index (χ1n) is 10.6. The van der Waals surface area contributed by atoms with E-state index in [2.05, 4.69) is 19.9 Å². The van der Waals surface area contributed by atoms with Crippen LogP contribution in [-0.4, -0.2) is 59.7 Å². The zero-order chi connectivity index (χ0) is 24.5. The van der Waals surface area contributed by atoms with Gasteiger partial charge >= 0.3 is 6.18 Å². The summed E-state index contributed by atoms with van der Waals surface area (Å²) in [5.41, 5.74) is -0.228. The first kappa shape index (κ1) is 23.9. The van der Waals surface area contributed by atoms with Gasteiger partial charge in [-0.3, -0.25) is 0 Å². The van der Waals surface area contributed by atoms with Gasteiger partial charge in [0.15, 0.2) is 5.82 Å². The number of hydrogen-bond acceptors (Lipinski definition) is 7. The Balaban J connectivity index is 1.61. The van der Waals surface area contributed by atoms with Gasteiger partial charge in [0.25, 0.3) is 0 Å². The molecule has 1 fully saturated rings. The van der Waals surface area contributed by atoms with Crippen molar-refractivity contribution in [2.24, 2.45) is 0 Å². The molecule has 3 heterocycles. The monoisotopic (exact) mass is 495 g/mol. The molecule has 7 nitrogen and oxygen atoms in total. The van der Waals surface area contributed by atoms with E-state index in [0.29, 0.717) is 56.0 Å². The van der Waals surface area contributed by atoms with E-state index in [1.165, 1.54) is 30.5 Å². The van der Waals surface area contributed by atoms with Crippen LogP contribution in [0.4, 0.5) is 35.3 Å². The first-order chi connectivity index (χ1) is 16.2. The molecule has 0 aliphatic carbocycles. The minimum Gasteiger partial charge on any atom is -0.353 e. The minimum absolute atomic E-state index is 0.0469. The third-order valence-electron chi connectivity index (χ3n) is 5.56. The summed E-state index contributed by atoms with van der Waals surface area (Å²) < 4.78 is 53.9. The molecule has 180 valence electrons. The largest absolute Gasteiger partial charge is 0.419 e. The lowest BCUT2D eigenvalue weighted by Crippen LogP contribution is -2.48. The molecule has 34 heavy (non-hydrogen) atoms. The van der Waals surface area contributed by atoms with Crippen molar-refractivity contribution >= 4 is 29.3 Å². The zero-order valence-electron chi connectivity index (χ0n) is 18.5. The number of piperazine rings is 1. The second-order valence-electron chi connectivity index (χ2n) is 7.75. The number of rotatable bonds is 5. The van der Waals surface area contributed by atoms with Gasteiger partial charge in [-0.25, -0.2) is 9.37 Å². The van der Waals surface area contributed by atoms with Crippen molar-refractivity contribution in [1.82, 2.24) is 19.9 Å². The van der Waals surface area contributed by atoms with Gasteiger partial charge in [-0.2, -0.15) is 28.1 Å². The molecular formula is C22H22ClF4N7. The summed E-state index contributed by atoms with van der Waals surface area (Å²) >= 11 is 5.94. The Hall–Kier alpha value is -3.21. The lowest BCUT2D eigenvalue weighted by molar-refractivity contribution is -0.137. The van der Waals surface area contributed by atoms with Gasteiger partial charge in [-0.1, -0.05) is 11.6 Å². The maximum absolute atomic E-state index is 13.6. The third-order valence-corrected chi connectivity index (χ3v) is 5.85.